The lowest BCUT2D eigenvalue weighted by Gasteiger charge is -2.28. The number of ether oxygens (including phenoxy) is 1. The SMILES string of the molecule is C[C@]12CC[C@@H](O1)[C@H](C(=O)O)[C@@H]2C(=O)O. The summed E-state index contributed by atoms with van der Waals surface area (Å²) in [7, 11) is 0. The molecule has 0 saturated carbocycles. The maximum atomic E-state index is 11.0. The molecule has 0 aromatic heterocycles. The average Bonchev–Trinajstić information content (AvgIpc) is 2.55. The zero-order valence-corrected chi connectivity index (χ0v) is 7.77. The van der Waals surface area contributed by atoms with Gasteiger partial charge in [0.25, 0.3) is 0 Å². The molecule has 0 radical (unpaired) electrons. The fourth-order valence-electron chi connectivity index (χ4n) is 2.69. The molecule has 0 aromatic carbocycles. The van der Waals surface area contributed by atoms with E-state index < -0.39 is 35.5 Å². The first-order valence-corrected chi connectivity index (χ1v) is 4.59. The van der Waals surface area contributed by atoms with Gasteiger partial charge in [0.15, 0.2) is 0 Å². The predicted octanol–water partition coefficient (Wildman–Crippen LogP) is 0.339. The van der Waals surface area contributed by atoms with Crippen LogP contribution in [-0.4, -0.2) is 33.9 Å². The van der Waals surface area contributed by atoms with E-state index in [9.17, 15) is 9.59 Å². The summed E-state index contributed by atoms with van der Waals surface area (Å²) in [6.07, 6.45) is 0.869. The molecule has 14 heavy (non-hydrogen) atoms. The molecule has 2 rings (SSSR count). The average molecular weight is 200 g/mol. The van der Waals surface area contributed by atoms with E-state index in [0.717, 1.165) is 0 Å². The number of carbonyl (C=O) groups is 2. The standard InChI is InChI=1S/C9H12O5/c1-9-3-2-4(14-9)5(7(10)11)6(9)8(12)13/h4-6H,2-3H2,1H3,(H,10,11)(H,12,13)/t4-,5+,6-,9-/m1/s1. The Bertz CT molecular complexity index is 300. The summed E-state index contributed by atoms with van der Waals surface area (Å²) in [4.78, 5) is 21.9. The predicted molar refractivity (Wildman–Crippen MR) is 44.8 cm³/mol. The van der Waals surface area contributed by atoms with Gasteiger partial charge in [-0.2, -0.15) is 0 Å². The van der Waals surface area contributed by atoms with Gasteiger partial charge in [-0.15, -0.1) is 0 Å². The number of carboxylic acids is 2. The van der Waals surface area contributed by atoms with Gasteiger partial charge < -0.3 is 14.9 Å². The highest BCUT2D eigenvalue weighted by molar-refractivity contribution is 5.82. The second-order valence-corrected chi connectivity index (χ2v) is 4.19. The highest BCUT2D eigenvalue weighted by Crippen LogP contribution is 2.51. The molecule has 2 bridgehead atoms. The fourth-order valence-corrected chi connectivity index (χ4v) is 2.69. The van der Waals surface area contributed by atoms with Crippen LogP contribution in [0.15, 0.2) is 0 Å². The zero-order chi connectivity index (χ0) is 10.5. The summed E-state index contributed by atoms with van der Waals surface area (Å²) in [5.74, 6) is -3.92. The Labute approximate surface area is 80.7 Å². The lowest BCUT2D eigenvalue weighted by Crippen LogP contribution is -2.43. The van der Waals surface area contributed by atoms with Crippen molar-refractivity contribution in [3.05, 3.63) is 0 Å². The number of carboxylic acid groups (broad SMARTS) is 2. The van der Waals surface area contributed by atoms with Crippen molar-refractivity contribution in [2.24, 2.45) is 11.8 Å². The minimum Gasteiger partial charge on any atom is -0.481 e. The Kier molecular flexibility index (Phi) is 1.82. The number of aliphatic carboxylic acids is 2. The summed E-state index contributed by atoms with van der Waals surface area (Å²) in [6, 6.07) is 0. The van der Waals surface area contributed by atoms with Crippen LogP contribution in [0.3, 0.4) is 0 Å². The van der Waals surface area contributed by atoms with Crippen molar-refractivity contribution in [3.63, 3.8) is 0 Å². The molecule has 0 aromatic rings. The first kappa shape index (κ1) is 9.45. The van der Waals surface area contributed by atoms with Crippen LogP contribution in [-0.2, 0) is 14.3 Å². The fraction of sp³-hybridized carbons (Fsp3) is 0.778. The van der Waals surface area contributed by atoms with Gasteiger partial charge in [0.05, 0.1) is 17.6 Å². The van der Waals surface area contributed by atoms with Gasteiger partial charge in [-0.3, -0.25) is 9.59 Å². The number of rotatable bonds is 2. The van der Waals surface area contributed by atoms with Gasteiger partial charge >= 0.3 is 11.9 Å². The maximum Gasteiger partial charge on any atom is 0.310 e. The molecule has 0 amide bonds. The van der Waals surface area contributed by atoms with E-state index in [1.807, 2.05) is 0 Å². The van der Waals surface area contributed by atoms with Crippen LogP contribution in [0.2, 0.25) is 0 Å². The highest BCUT2D eigenvalue weighted by atomic mass is 16.5. The molecular formula is C9H12O5. The van der Waals surface area contributed by atoms with Crippen LogP contribution in [0.25, 0.3) is 0 Å². The molecule has 5 heteroatoms. The normalized spacial score (nSPS) is 45.4. The first-order valence-electron chi connectivity index (χ1n) is 4.59. The second-order valence-electron chi connectivity index (χ2n) is 4.19. The Morgan fingerprint density at radius 1 is 1.36 bits per heavy atom. The summed E-state index contributed by atoms with van der Waals surface area (Å²) >= 11 is 0. The molecule has 2 heterocycles. The lowest BCUT2D eigenvalue weighted by atomic mass is 9.72. The Morgan fingerprint density at radius 3 is 2.43 bits per heavy atom. The third-order valence-corrected chi connectivity index (χ3v) is 3.31. The van der Waals surface area contributed by atoms with Gasteiger partial charge in [0.2, 0.25) is 0 Å². The van der Waals surface area contributed by atoms with E-state index in [4.69, 9.17) is 14.9 Å². The second kappa shape index (κ2) is 2.70. The summed E-state index contributed by atoms with van der Waals surface area (Å²) < 4.78 is 5.45. The topological polar surface area (TPSA) is 83.8 Å². The van der Waals surface area contributed by atoms with Gasteiger partial charge in [0, 0.05) is 0 Å². The van der Waals surface area contributed by atoms with Crippen LogP contribution < -0.4 is 0 Å². The van der Waals surface area contributed by atoms with E-state index in [0.29, 0.717) is 12.8 Å². The minimum atomic E-state index is -1.07. The van der Waals surface area contributed by atoms with Crippen LogP contribution in [0.5, 0.6) is 0 Å². The maximum absolute atomic E-state index is 11.0. The highest BCUT2D eigenvalue weighted by Gasteiger charge is 2.62. The molecular weight excluding hydrogens is 188 g/mol. The van der Waals surface area contributed by atoms with E-state index in [1.54, 1.807) is 6.92 Å². The van der Waals surface area contributed by atoms with E-state index in [1.165, 1.54) is 0 Å². The van der Waals surface area contributed by atoms with Gasteiger partial charge in [0.1, 0.15) is 5.92 Å². The molecule has 0 spiro atoms. The van der Waals surface area contributed by atoms with Crippen LogP contribution in [0.1, 0.15) is 19.8 Å². The molecule has 0 aliphatic carbocycles. The summed E-state index contributed by atoms with van der Waals surface area (Å²) in [6.45, 7) is 1.69. The number of fused-ring (bicyclic) bond motifs is 2. The van der Waals surface area contributed by atoms with Crippen molar-refractivity contribution < 1.29 is 24.5 Å². The van der Waals surface area contributed by atoms with Crippen molar-refractivity contribution in [2.75, 3.05) is 0 Å². The third kappa shape index (κ3) is 1.05. The van der Waals surface area contributed by atoms with Gasteiger partial charge in [-0.1, -0.05) is 0 Å². The Balaban J connectivity index is 2.35. The monoisotopic (exact) mass is 200 g/mol. The molecule has 5 nitrogen and oxygen atoms in total. The van der Waals surface area contributed by atoms with Crippen molar-refractivity contribution in [1.29, 1.82) is 0 Å². The first-order chi connectivity index (χ1) is 6.46. The van der Waals surface area contributed by atoms with Gasteiger partial charge in [-0.25, -0.2) is 0 Å². The van der Waals surface area contributed by atoms with Crippen LogP contribution >= 0.6 is 0 Å². The van der Waals surface area contributed by atoms with Crippen LogP contribution in [0.4, 0.5) is 0 Å². The van der Waals surface area contributed by atoms with Crippen molar-refractivity contribution in [3.8, 4) is 0 Å². The van der Waals surface area contributed by atoms with Crippen molar-refractivity contribution >= 4 is 11.9 Å². The molecule has 2 fully saturated rings. The number of hydrogen-bond donors (Lipinski definition) is 2. The van der Waals surface area contributed by atoms with E-state index in [-0.39, 0.29) is 0 Å². The molecule has 4 atom stereocenters. The Hall–Kier alpha value is -1.10. The lowest BCUT2D eigenvalue weighted by molar-refractivity contribution is -0.155. The van der Waals surface area contributed by atoms with E-state index in [2.05, 4.69) is 0 Å². The third-order valence-electron chi connectivity index (χ3n) is 3.31. The molecule has 78 valence electrons. The minimum absolute atomic E-state index is 0.418. The largest absolute Gasteiger partial charge is 0.481 e. The van der Waals surface area contributed by atoms with E-state index >= 15 is 0 Å². The van der Waals surface area contributed by atoms with Gasteiger partial charge in [-0.05, 0) is 19.8 Å². The zero-order valence-electron chi connectivity index (χ0n) is 7.77. The molecule has 2 aliphatic heterocycles. The Morgan fingerprint density at radius 2 is 2.00 bits per heavy atom. The van der Waals surface area contributed by atoms with Crippen LogP contribution in [0, 0.1) is 11.8 Å². The molecule has 2 aliphatic rings. The number of hydrogen-bond acceptors (Lipinski definition) is 3. The quantitative estimate of drug-likeness (QED) is 0.671. The van der Waals surface area contributed by atoms with Crippen molar-refractivity contribution in [2.45, 2.75) is 31.5 Å². The molecule has 2 saturated heterocycles. The van der Waals surface area contributed by atoms with Crippen molar-refractivity contribution in [1.82, 2.24) is 0 Å². The smallest absolute Gasteiger partial charge is 0.310 e. The summed E-state index contributed by atoms with van der Waals surface area (Å²) in [5, 5.41) is 17.9. The summed E-state index contributed by atoms with van der Waals surface area (Å²) in [5.41, 5.74) is -0.778. The molecule has 2 N–H and O–H groups in total. The molecule has 0 unspecified atom stereocenters.